The number of H-pyrrole nitrogens is 1. The van der Waals surface area contributed by atoms with Gasteiger partial charge < -0.3 is 20.3 Å². The topological polar surface area (TPSA) is 129 Å². The molecule has 4 heterocycles. The summed E-state index contributed by atoms with van der Waals surface area (Å²) in [6, 6.07) is 10.5. The van der Waals surface area contributed by atoms with Gasteiger partial charge in [-0.15, -0.1) is 0 Å². The first kappa shape index (κ1) is 26.6. The van der Waals surface area contributed by atoms with E-state index in [1.165, 1.54) is 12.7 Å². The third-order valence-electron chi connectivity index (χ3n) is 7.69. The summed E-state index contributed by atoms with van der Waals surface area (Å²) in [7, 11) is 1.49. The number of carbonyl (C=O) groups excluding carboxylic acids is 1. The molecule has 0 bridgehead atoms. The van der Waals surface area contributed by atoms with Gasteiger partial charge in [0.15, 0.2) is 5.82 Å². The average molecular weight is 549 g/mol. The molecular formula is C26H32N10O2S. The highest BCUT2D eigenvalue weighted by molar-refractivity contribution is 7.59. The minimum Gasteiger partial charge on any atom is -0.467 e. The van der Waals surface area contributed by atoms with Gasteiger partial charge in [0.1, 0.15) is 0 Å². The van der Waals surface area contributed by atoms with E-state index >= 15 is 0 Å². The number of aromatic amines is 1. The lowest BCUT2D eigenvalue weighted by Crippen LogP contribution is -2.47. The molecule has 2 amide bonds. The summed E-state index contributed by atoms with van der Waals surface area (Å²) in [5.41, 5.74) is 2.41. The number of hydrogen-bond acceptors (Lipinski definition) is 8. The van der Waals surface area contributed by atoms with Crippen LogP contribution in [0.1, 0.15) is 55.8 Å². The second kappa shape index (κ2) is 10.3. The molecule has 3 aromatic rings. The molecule has 3 aliphatic rings. The molecule has 1 aromatic carbocycles. The molecular weight excluding hydrogens is 516 g/mol. The Morgan fingerprint density at radius 2 is 2.03 bits per heavy atom. The number of carbonyl (C=O) groups is 1. The maximum atomic E-state index is 13.3. The van der Waals surface area contributed by atoms with Crippen molar-refractivity contribution in [2.45, 2.75) is 63.3 Å². The van der Waals surface area contributed by atoms with Crippen LogP contribution in [0.5, 0.6) is 6.01 Å². The third-order valence-corrected chi connectivity index (χ3v) is 7.69. The van der Waals surface area contributed by atoms with Gasteiger partial charge in [0.05, 0.1) is 24.9 Å². The molecule has 1 unspecified atom stereocenters. The number of aromatic nitrogens is 5. The van der Waals surface area contributed by atoms with E-state index in [2.05, 4.69) is 52.8 Å². The maximum Gasteiger partial charge on any atom is 0.322 e. The summed E-state index contributed by atoms with van der Waals surface area (Å²) >= 11 is 0. The normalized spacial score (nSPS) is 22.5. The molecule has 1 aliphatic carbocycles. The summed E-state index contributed by atoms with van der Waals surface area (Å²) in [4.78, 5) is 34.0. The molecule has 1 saturated heterocycles. The maximum absolute atomic E-state index is 13.3. The van der Waals surface area contributed by atoms with Crippen molar-refractivity contribution < 1.29 is 9.53 Å². The SMILES string of the molecule is S.[C-]#[N+][C@@H]1CCCN1c1nc(Nc2n[nH]c3c2CN(C(=O)NC2C[C@@H]2c2ccccc2)C3(C)C)nc(OC)n1. The largest absolute Gasteiger partial charge is 0.467 e. The lowest BCUT2D eigenvalue weighted by molar-refractivity contribution is 0.142. The van der Waals surface area contributed by atoms with E-state index in [1.54, 1.807) is 0 Å². The van der Waals surface area contributed by atoms with Crippen LogP contribution in [0.25, 0.3) is 4.85 Å². The Balaban J connectivity index is 0.00000308. The van der Waals surface area contributed by atoms with Crippen LogP contribution in [-0.4, -0.2) is 61.9 Å². The van der Waals surface area contributed by atoms with Gasteiger partial charge >= 0.3 is 18.2 Å². The van der Waals surface area contributed by atoms with E-state index in [9.17, 15) is 4.79 Å². The number of hydrogen-bond donors (Lipinski definition) is 3. The number of benzene rings is 1. The number of anilines is 3. The van der Waals surface area contributed by atoms with Crippen molar-refractivity contribution in [3.63, 3.8) is 0 Å². The Bertz CT molecular complexity index is 1410. The van der Waals surface area contributed by atoms with Gasteiger partial charge in [-0.1, -0.05) is 30.3 Å². The molecule has 6 rings (SSSR count). The van der Waals surface area contributed by atoms with Crippen molar-refractivity contribution >= 4 is 37.2 Å². The van der Waals surface area contributed by atoms with Gasteiger partial charge in [0, 0.05) is 30.5 Å². The monoisotopic (exact) mass is 548 g/mol. The third kappa shape index (κ3) is 4.80. The van der Waals surface area contributed by atoms with E-state index in [0.29, 0.717) is 30.8 Å². The molecule has 13 heteroatoms. The number of fused-ring (bicyclic) bond motifs is 1. The minimum absolute atomic E-state index is 0. The Labute approximate surface area is 233 Å². The second-order valence-corrected chi connectivity index (χ2v) is 10.4. The van der Waals surface area contributed by atoms with Gasteiger partial charge in [-0.05, 0) is 32.3 Å². The van der Waals surface area contributed by atoms with Crippen molar-refractivity contribution in [1.82, 2.24) is 35.4 Å². The van der Waals surface area contributed by atoms with Crippen molar-refractivity contribution in [2.24, 2.45) is 0 Å². The second-order valence-electron chi connectivity index (χ2n) is 10.4. The highest BCUT2D eigenvalue weighted by Gasteiger charge is 2.47. The molecule has 3 atom stereocenters. The van der Waals surface area contributed by atoms with Crippen LogP contribution < -0.4 is 20.3 Å². The van der Waals surface area contributed by atoms with Crippen LogP contribution >= 0.6 is 13.5 Å². The van der Waals surface area contributed by atoms with Gasteiger partial charge in [-0.25, -0.2) is 11.4 Å². The molecule has 1 saturated carbocycles. The Morgan fingerprint density at radius 1 is 1.23 bits per heavy atom. The molecule has 2 aliphatic heterocycles. The highest BCUT2D eigenvalue weighted by Crippen LogP contribution is 2.43. The molecule has 0 radical (unpaired) electrons. The predicted octanol–water partition coefficient (Wildman–Crippen LogP) is 3.62. The number of nitrogens with zero attached hydrogens (tertiary/aromatic N) is 7. The zero-order valence-electron chi connectivity index (χ0n) is 22.1. The standard InChI is InChI=1S/C26H30N10O2.H2S/c1-26(2)20-17(14-36(26)25(37)28-18-13-16(18)15-9-6-5-7-10-15)21(34-33-20)29-22-30-23(32-24(31-22)38-4)35-12-8-11-19(35)27-3;/h5-7,9-10,16,18-19H,8,11-14H2,1-2,4H3,(H,28,37)(H2,29,30,31,32,33,34);1H2/t16-,18?,19+;/m1./s1. The average Bonchev–Trinajstić information content (AvgIpc) is 3.23. The van der Waals surface area contributed by atoms with Crippen LogP contribution in [0.15, 0.2) is 30.3 Å². The van der Waals surface area contributed by atoms with Gasteiger partial charge in [-0.2, -0.15) is 33.5 Å². The van der Waals surface area contributed by atoms with Gasteiger partial charge in [-0.3, -0.25) is 14.8 Å². The first-order valence-electron chi connectivity index (χ1n) is 12.8. The summed E-state index contributed by atoms with van der Waals surface area (Å²) in [6.07, 6.45) is 2.31. The van der Waals surface area contributed by atoms with Crippen molar-refractivity contribution in [3.05, 3.63) is 58.6 Å². The van der Waals surface area contributed by atoms with E-state index in [1.807, 2.05) is 41.8 Å². The summed E-state index contributed by atoms with van der Waals surface area (Å²) < 4.78 is 5.31. The van der Waals surface area contributed by atoms with E-state index in [4.69, 9.17) is 11.3 Å². The van der Waals surface area contributed by atoms with E-state index < -0.39 is 5.54 Å². The quantitative estimate of drug-likeness (QED) is 0.399. The highest BCUT2D eigenvalue weighted by atomic mass is 32.1. The van der Waals surface area contributed by atoms with Crippen LogP contribution in [0.2, 0.25) is 0 Å². The number of methoxy groups -OCH3 is 1. The molecule has 3 N–H and O–H groups in total. The van der Waals surface area contributed by atoms with E-state index in [0.717, 1.165) is 30.5 Å². The van der Waals surface area contributed by atoms with Crippen molar-refractivity contribution in [2.75, 3.05) is 23.9 Å². The zero-order valence-corrected chi connectivity index (χ0v) is 23.1. The molecule has 39 heavy (non-hydrogen) atoms. The molecule has 204 valence electrons. The lowest BCUT2D eigenvalue weighted by Gasteiger charge is -2.32. The number of urea groups is 1. The van der Waals surface area contributed by atoms with Crippen LogP contribution in [0, 0.1) is 6.57 Å². The minimum atomic E-state index is -0.580. The first-order valence-corrected chi connectivity index (χ1v) is 12.8. The molecule has 2 aromatic heterocycles. The first-order chi connectivity index (χ1) is 18.4. The van der Waals surface area contributed by atoms with Gasteiger partial charge in [0.2, 0.25) is 11.9 Å². The number of amides is 2. The number of nitrogens with one attached hydrogen (secondary N) is 3. The number of ether oxygens (including phenoxy) is 1. The van der Waals surface area contributed by atoms with E-state index in [-0.39, 0.29) is 43.7 Å². The zero-order chi connectivity index (χ0) is 26.4. The number of rotatable bonds is 6. The molecule has 0 spiro atoms. The van der Waals surface area contributed by atoms with Gasteiger partial charge in [0.25, 0.3) is 0 Å². The van der Waals surface area contributed by atoms with Crippen molar-refractivity contribution in [1.29, 1.82) is 0 Å². The van der Waals surface area contributed by atoms with Crippen molar-refractivity contribution in [3.8, 4) is 6.01 Å². The smallest absolute Gasteiger partial charge is 0.322 e. The molecule has 12 nitrogen and oxygen atoms in total. The lowest BCUT2D eigenvalue weighted by atomic mass is 10.0. The summed E-state index contributed by atoms with van der Waals surface area (Å²) in [6.45, 7) is 12.6. The summed E-state index contributed by atoms with van der Waals surface area (Å²) in [5, 5.41) is 14.0. The van der Waals surface area contributed by atoms with Crippen LogP contribution in [0.4, 0.5) is 22.5 Å². The fourth-order valence-electron chi connectivity index (χ4n) is 5.45. The summed E-state index contributed by atoms with van der Waals surface area (Å²) in [5.74, 6) is 1.55. The Kier molecular flexibility index (Phi) is 6.98. The van der Waals surface area contributed by atoms with Crippen LogP contribution in [0.3, 0.4) is 0 Å². The fraction of sp³-hybridized carbons (Fsp3) is 0.462. The fourth-order valence-corrected chi connectivity index (χ4v) is 5.45. The predicted molar refractivity (Wildman–Crippen MR) is 150 cm³/mol. The Hall–Kier alpha value is -4.05. The van der Waals surface area contributed by atoms with Crippen LogP contribution in [-0.2, 0) is 12.1 Å². The molecule has 2 fully saturated rings. The Morgan fingerprint density at radius 3 is 2.77 bits per heavy atom.